The maximum Gasteiger partial charge on any atom is 0.243 e. The van der Waals surface area contributed by atoms with Crippen LogP contribution in [0.2, 0.25) is 0 Å². The number of alkyl halides is 1. The molecule has 5 aromatic rings. The van der Waals surface area contributed by atoms with Crippen LogP contribution in [-0.2, 0) is 15.2 Å². The van der Waals surface area contributed by atoms with Crippen molar-refractivity contribution < 1.29 is 27.4 Å². The van der Waals surface area contributed by atoms with Gasteiger partial charge in [-0.15, -0.1) is 11.3 Å². The minimum Gasteiger partial charge on any atom is -0.490 e. The number of nitrogens with zero attached hydrogens (tertiary/aromatic N) is 3. The molecule has 1 saturated heterocycles. The van der Waals surface area contributed by atoms with E-state index in [2.05, 4.69) is 22.1 Å². The fourth-order valence-electron chi connectivity index (χ4n) is 5.75. The second-order valence-electron chi connectivity index (χ2n) is 11.3. The number of thiophene rings is 1. The van der Waals surface area contributed by atoms with Gasteiger partial charge in [-0.3, -0.25) is 14.8 Å². The highest BCUT2D eigenvalue weighted by molar-refractivity contribution is 7.18. The van der Waals surface area contributed by atoms with Crippen LogP contribution in [0.25, 0.3) is 43.9 Å². The first-order valence-electron chi connectivity index (χ1n) is 14.6. The Morgan fingerprint density at radius 3 is 2.61 bits per heavy atom. The number of H-pyrrole nitrogens is 1. The first-order chi connectivity index (χ1) is 22.1. The average molecular weight is 648 g/mol. The van der Waals surface area contributed by atoms with Crippen LogP contribution in [0.3, 0.4) is 0 Å². The monoisotopic (exact) mass is 647 g/mol. The van der Waals surface area contributed by atoms with Gasteiger partial charge < -0.3 is 14.8 Å². The molecule has 8 nitrogen and oxygen atoms in total. The highest BCUT2D eigenvalue weighted by atomic mass is 32.1. The number of amides is 1. The number of pyridine rings is 1. The molecule has 4 heterocycles. The quantitative estimate of drug-likeness (QED) is 0.121. The van der Waals surface area contributed by atoms with Gasteiger partial charge in [0, 0.05) is 53.5 Å². The van der Waals surface area contributed by atoms with Crippen LogP contribution in [0, 0.1) is 11.6 Å². The fourth-order valence-corrected chi connectivity index (χ4v) is 6.70. The number of fused-ring (bicyclic) bond motifs is 1. The summed E-state index contributed by atoms with van der Waals surface area (Å²) in [5, 5.41) is 12.8. The van der Waals surface area contributed by atoms with Gasteiger partial charge in [0.05, 0.1) is 29.6 Å². The molecule has 46 heavy (non-hydrogen) atoms. The smallest absolute Gasteiger partial charge is 0.243 e. The molecular formula is C34H32F3N5O3S. The third kappa shape index (κ3) is 5.91. The minimum atomic E-state index is -1.41. The van der Waals surface area contributed by atoms with Crippen LogP contribution >= 0.6 is 11.3 Å². The lowest BCUT2D eigenvalue weighted by Gasteiger charge is -2.42. The SMILES string of the molecule is C=CC(=O)N[C@H](C)c1cc(-c2nc(-c3ccc(C4(F)CN(C)C4)cc3)c3ccsc3c2-c2c(F)cc(F)cc2OCCOC)n[nH]1. The van der Waals surface area contributed by atoms with E-state index < -0.39 is 23.3 Å². The summed E-state index contributed by atoms with van der Waals surface area (Å²) in [5.74, 6) is -1.99. The van der Waals surface area contributed by atoms with E-state index in [1.54, 1.807) is 25.1 Å². The van der Waals surface area contributed by atoms with E-state index >= 15 is 8.78 Å². The van der Waals surface area contributed by atoms with Crippen LogP contribution < -0.4 is 10.1 Å². The number of ether oxygens (including phenoxy) is 2. The van der Waals surface area contributed by atoms with E-state index in [9.17, 15) is 9.18 Å². The summed E-state index contributed by atoms with van der Waals surface area (Å²) in [7, 11) is 3.38. The highest BCUT2D eigenvalue weighted by Crippen LogP contribution is 2.47. The van der Waals surface area contributed by atoms with E-state index in [-0.39, 0.29) is 30.4 Å². The number of aromatic nitrogens is 3. The van der Waals surface area contributed by atoms with Gasteiger partial charge in [-0.2, -0.15) is 5.10 Å². The van der Waals surface area contributed by atoms with Crippen LogP contribution in [0.5, 0.6) is 5.75 Å². The summed E-state index contributed by atoms with van der Waals surface area (Å²) in [6.07, 6.45) is 1.17. The first kappa shape index (κ1) is 31.5. The molecular weight excluding hydrogens is 615 g/mol. The van der Waals surface area contributed by atoms with Crippen molar-refractivity contribution in [3.05, 3.63) is 89.5 Å². The molecule has 0 bridgehead atoms. The van der Waals surface area contributed by atoms with Gasteiger partial charge in [0.25, 0.3) is 0 Å². The van der Waals surface area contributed by atoms with E-state index in [0.717, 1.165) is 23.1 Å². The number of benzene rings is 2. The molecule has 0 aliphatic carbocycles. The van der Waals surface area contributed by atoms with Crippen molar-refractivity contribution >= 4 is 27.3 Å². The largest absolute Gasteiger partial charge is 0.490 e. The number of likely N-dealkylation sites (N-methyl/N-ethyl adjacent to an activating group) is 1. The predicted molar refractivity (Wildman–Crippen MR) is 172 cm³/mol. The Morgan fingerprint density at radius 1 is 1.15 bits per heavy atom. The van der Waals surface area contributed by atoms with Gasteiger partial charge in [0.1, 0.15) is 35.4 Å². The predicted octanol–water partition coefficient (Wildman–Crippen LogP) is 6.80. The van der Waals surface area contributed by atoms with Crippen molar-refractivity contribution in [2.45, 2.75) is 18.6 Å². The van der Waals surface area contributed by atoms with Gasteiger partial charge in [-0.05, 0) is 43.1 Å². The van der Waals surface area contributed by atoms with Gasteiger partial charge in [0.15, 0.2) is 5.67 Å². The molecule has 0 saturated carbocycles. The molecule has 2 N–H and O–H groups in total. The summed E-state index contributed by atoms with van der Waals surface area (Å²) in [6.45, 7) is 6.19. The molecule has 0 unspecified atom stereocenters. The van der Waals surface area contributed by atoms with Crippen molar-refractivity contribution in [2.75, 3.05) is 40.5 Å². The van der Waals surface area contributed by atoms with Gasteiger partial charge >= 0.3 is 0 Å². The molecule has 1 atom stereocenters. The maximum atomic E-state index is 15.9. The summed E-state index contributed by atoms with van der Waals surface area (Å²) >= 11 is 1.37. The van der Waals surface area contributed by atoms with Gasteiger partial charge in [-0.1, -0.05) is 30.8 Å². The van der Waals surface area contributed by atoms with Crippen molar-refractivity contribution in [1.29, 1.82) is 0 Å². The van der Waals surface area contributed by atoms with E-state index in [0.29, 0.717) is 51.7 Å². The summed E-state index contributed by atoms with van der Waals surface area (Å²) in [6, 6.07) is 12.3. The Labute approximate surface area is 267 Å². The topological polar surface area (TPSA) is 92.4 Å². The Hall–Kier alpha value is -4.52. The van der Waals surface area contributed by atoms with Crippen molar-refractivity contribution in [3.63, 3.8) is 0 Å². The van der Waals surface area contributed by atoms with Crippen molar-refractivity contribution in [1.82, 2.24) is 25.4 Å². The lowest BCUT2D eigenvalue weighted by Crippen LogP contribution is -2.54. The molecule has 238 valence electrons. The third-order valence-corrected chi connectivity index (χ3v) is 8.92. The van der Waals surface area contributed by atoms with Crippen LogP contribution in [0.15, 0.2) is 66.6 Å². The van der Waals surface area contributed by atoms with E-state index in [1.807, 2.05) is 35.5 Å². The number of methoxy groups -OCH3 is 1. The number of rotatable bonds is 11. The zero-order valence-electron chi connectivity index (χ0n) is 25.5. The van der Waals surface area contributed by atoms with E-state index in [1.165, 1.54) is 24.5 Å². The number of hydrogen-bond acceptors (Lipinski definition) is 7. The number of nitrogens with one attached hydrogen (secondary N) is 2. The van der Waals surface area contributed by atoms with E-state index in [4.69, 9.17) is 14.5 Å². The molecule has 3 aromatic heterocycles. The first-order valence-corrected chi connectivity index (χ1v) is 15.5. The molecule has 1 aliphatic rings. The molecule has 12 heteroatoms. The molecule has 0 radical (unpaired) electrons. The Morgan fingerprint density at radius 2 is 1.91 bits per heavy atom. The lowest BCUT2D eigenvalue weighted by molar-refractivity contribution is -0.117. The summed E-state index contributed by atoms with van der Waals surface area (Å²) in [4.78, 5) is 18.9. The fraction of sp³-hybridized carbons (Fsp3) is 0.265. The lowest BCUT2D eigenvalue weighted by atomic mass is 9.87. The molecule has 1 fully saturated rings. The zero-order valence-corrected chi connectivity index (χ0v) is 26.3. The normalized spacial score (nSPS) is 15.0. The van der Waals surface area contributed by atoms with Crippen molar-refractivity contribution in [2.24, 2.45) is 0 Å². The van der Waals surface area contributed by atoms with Gasteiger partial charge in [0.2, 0.25) is 5.91 Å². The molecule has 2 aromatic carbocycles. The van der Waals surface area contributed by atoms with Crippen LogP contribution in [-0.4, -0.2) is 66.4 Å². The second-order valence-corrected chi connectivity index (χ2v) is 12.2. The second kappa shape index (κ2) is 12.7. The number of halogens is 3. The number of carbonyl (C=O) groups is 1. The Kier molecular flexibility index (Phi) is 8.69. The maximum absolute atomic E-state index is 15.9. The standard InChI is InChI=1S/C34H32F3N5O3S/c1-5-28(43)38-19(2)25-16-26(41-40-25)32-30(29-24(36)14-22(35)15-27(29)45-12-11-44-4)33-23(10-13-46-33)31(39-32)20-6-8-21(9-7-20)34(37)17-42(3)18-34/h5-10,13-16,19H,1,11-12,17-18H2,2-4H3,(H,38,43)(H,40,41)/t19-/m1/s1. The van der Waals surface area contributed by atoms with Crippen LogP contribution in [0.1, 0.15) is 24.2 Å². The Bertz CT molecular complexity index is 1920. The minimum absolute atomic E-state index is 0.00881. The Balaban J connectivity index is 1.55. The number of carbonyl (C=O) groups excluding carboxylic acids is 1. The number of likely N-dealkylation sites (tertiary alicyclic amines) is 1. The van der Waals surface area contributed by atoms with Crippen molar-refractivity contribution in [3.8, 4) is 39.5 Å². The van der Waals surface area contributed by atoms with Gasteiger partial charge in [-0.25, -0.2) is 18.2 Å². The zero-order chi connectivity index (χ0) is 32.6. The van der Waals surface area contributed by atoms with Crippen LogP contribution in [0.4, 0.5) is 13.2 Å². The molecule has 0 spiro atoms. The molecule has 1 amide bonds. The molecule has 1 aliphatic heterocycles. The highest BCUT2D eigenvalue weighted by Gasteiger charge is 2.43. The number of hydrogen-bond donors (Lipinski definition) is 2. The summed E-state index contributed by atoms with van der Waals surface area (Å²) in [5.41, 5.74) is 2.15. The molecule has 6 rings (SSSR count). The summed E-state index contributed by atoms with van der Waals surface area (Å²) < 4.78 is 57.4. The third-order valence-electron chi connectivity index (χ3n) is 7.99. The average Bonchev–Trinajstić information content (AvgIpc) is 3.71. The number of aromatic amines is 1.